The van der Waals surface area contributed by atoms with Crippen LogP contribution in [0.1, 0.15) is 66.0 Å². The van der Waals surface area contributed by atoms with Crippen molar-refractivity contribution in [2.45, 2.75) is 69.6 Å². The molecule has 2 fully saturated rings. The van der Waals surface area contributed by atoms with Crippen molar-refractivity contribution in [2.75, 3.05) is 11.9 Å². The molecule has 1 saturated heterocycles. The number of imidazole rings is 1. The number of benzene rings is 2. The summed E-state index contributed by atoms with van der Waals surface area (Å²) in [5, 5.41) is 6.28. The fraction of sp³-hybridized carbons (Fsp3) is 0.375. The number of carbonyl (C=O) groups excluding carboxylic acids is 3. The van der Waals surface area contributed by atoms with Crippen LogP contribution in [0.5, 0.6) is 0 Å². The number of hydrogen-bond donors (Lipinski definition) is 2. The topological polar surface area (TPSA) is 147 Å². The molecular formula is C32H33IN6O6. The molecule has 0 radical (unpaired) electrons. The van der Waals surface area contributed by atoms with E-state index >= 15 is 0 Å². The van der Waals surface area contributed by atoms with Crippen molar-refractivity contribution >= 4 is 57.4 Å². The highest BCUT2D eigenvalue weighted by Gasteiger charge is 2.54. The molecule has 4 unspecified atom stereocenters. The third-order valence-electron chi connectivity index (χ3n) is 7.92. The molecule has 0 spiro atoms. The van der Waals surface area contributed by atoms with Crippen LogP contribution in [0.25, 0.3) is 11.2 Å². The highest BCUT2D eigenvalue weighted by molar-refractivity contribution is 14.1. The number of ether oxygens (including phenoxy) is 3. The summed E-state index contributed by atoms with van der Waals surface area (Å²) in [7, 11) is 0. The average molecular weight is 725 g/mol. The summed E-state index contributed by atoms with van der Waals surface area (Å²) in [5.74, 6) is -1.27. The Balaban J connectivity index is 1.40. The van der Waals surface area contributed by atoms with Crippen LogP contribution in [0.4, 0.5) is 5.82 Å². The van der Waals surface area contributed by atoms with E-state index in [1.165, 1.54) is 12.7 Å². The molecule has 234 valence electrons. The molecule has 2 aliphatic rings. The molecule has 12 nitrogen and oxygen atoms in total. The lowest BCUT2D eigenvalue weighted by molar-refractivity contribution is -0.137. The first kappa shape index (κ1) is 30.9. The molecule has 4 aromatic rings. The summed E-state index contributed by atoms with van der Waals surface area (Å²) in [6.07, 6.45) is 2.16. The SMILES string of the molecule is CCNC(=O)C1OC(n2cnc3c(NC4CCCCC4)nc(I)nc32)C(OC(=O)c2ccccc2)C1OC(=O)c1ccccc1. The van der Waals surface area contributed by atoms with E-state index in [-0.39, 0.29) is 17.2 Å². The van der Waals surface area contributed by atoms with Gasteiger partial charge in [-0.25, -0.2) is 24.5 Å². The molecule has 6 rings (SSSR count). The number of nitrogens with zero attached hydrogens (tertiary/aromatic N) is 4. The average Bonchev–Trinajstić information content (AvgIpc) is 3.63. The summed E-state index contributed by atoms with van der Waals surface area (Å²) in [4.78, 5) is 54.0. The molecule has 1 aliphatic carbocycles. The van der Waals surface area contributed by atoms with Gasteiger partial charge in [0.25, 0.3) is 5.91 Å². The van der Waals surface area contributed by atoms with E-state index in [0.717, 1.165) is 25.7 Å². The normalized spacial score (nSPS) is 21.7. The van der Waals surface area contributed by atoms with Crippen molar-refractivity contribution in [1.29, 1.82) is 0 Å². The summed E-state index contributed by atoms with van der Waals surface area (Å²) < 4.78 is 20.4. The number of amides is 1. The first-order valence-electron chi connectivity index (χ1n) is 15.0. The minimum Gasteiger partial charge on any atom is -0.451 e. The minimum absolute atomic E-state index is 0.268. The Bertz CT molecular complexity index is 1660. The van der Waals surface area contributed by atoms with Gasteiger partial charge in [-0.2, -0.15) is 0 Å². The fourth-order valence-electron chi connectivity index (χ4n) is 5.75. The van der Waals surface area contributed by atoms with Gasteiger partial charge in [0.15, 0.2) is 45.4 Å². The highest BCUT2D eigenvalue weighted by atomic mass is 127. The predicted molar refractivity (Wildman–Crippen MR) is 172 cm³/mol. The van der Waals surface area contributed by atoms with Gasteiger partial charge in [0.1, 0.15) is 0 Å². The summed E-state index contributed by atoms with van der Waals surface area (Å²) in [6.45, 7) is 2.08. The van der Waals surface area contributed by atoms with Crippen molar-refractivity contribution in [3.05, 3.63) is 81.9 Å². The zero-order valence-corrected chi connectivity index (χ0v) is 26.8. The second-order valence-corrected chi connectivity index (χ2v) is 11.9. The Hall–Kier alpha value is -4.11. The van der Waals surface area contributed by atoms with Crippen LogP contribution in [-0.4, -0.2) is 68.3 Å². The van der Waals surface area contributed by atoms with Crippen LogP contribution in [0.2, 0.25) is 0 Å². The number of carbonyl (C=O) groups is 3. The fourth-order valence-corrected chi connectivity index (χ4v) is 6.22. The number of rotatable bonds is 9. The van der Waals surface area contributed by atoms with E-state index in [0.29, 0.717) is 27.4 Å². The van der Waals surface area contributed by atoms with Gasteiger partial charge in [-0.1, -0.05) is 55.7 Å². The number of esters is 2. The van der Waals surface area contributed by atoms with Gasteiger partial charge in [0, 0.05) is 35.2 Å². The summed E-state index contributed by atoms with van der Waals surface area (Å²) in [6, 6.07) is 17.1. The van der Waals surface area contributed by atoms with Crippen molar-refractivity contribution < 1.29 is 28.6 Å². The van der Waals surface area contributed by atoms with Crippen LogP contribution in [0.15, 0.2) is 67.0 Å². The van der Waals surface area contributed by atoms with E-state index in [1.54, 1.807) is 72.2 Å². The zero-order valence-electron chi connectivity index (χ0n) is 24.6. The highest BCUT2D eigenvalue weighted by Crippen LogP contribution is 2.37. The number of fused-ring (bicyclic) bond motifs is 1. The Labute approximate surface area is 273 Å². The van der Waals surface area contributed by atoms with E-state index in [9.17, 15) is 14.4 Å². The molecule has 2 N–H and O–H groups in total. The van der Waals surface area contributed by atoms with Gasteiger partial charge in [0.05, 0.1) is 17.5 Å². The Morgan fingerprint density at radius 1 is 0.911 bits per heavy atom. The lowest BCUT2D eigenvalue weighted by atomic mass is 9.95. The Morgan fingerprint density at radius 2 is 1.53 bits per heavy atom. The number of nitrogens with one attached hydrogen (secondary N) is 2. The molecular weight excluding hydrogens is 691 g/mol. The van der Waals surface area contributed by atoms with Crippen LogP contribution in [0.3, 0.4) is 0 Å². The smallest absolute Gasteiger partial charge is 0.338 e. The van der Waals surface area contributed by atoms with Crippen molar-refractivity contribution in [2.24, 2.45) is 0 Å². The number of aromatic nitrogens is 4. The maximum absolute atomic E-state index is 13.4. The molecule has 1 amide bonds. The van der Waals surface area contributed by atoms with Crippen LogP contribution in [0, 0.1) is 3.83 Å². The van der Waals surface area contributed by atoms with Crippen LogP contribution >= 0.6 is 22.6 Å². The molecule has 1 saturated carbocycles. The lowest BCUT2D eigenvalue weighted by Crippen LogP contribution is -2.46. The third-order valence-corrected chi connectivity index (χ3v) is 8.40. The summed E-state index contributed by atoms with van der Waals surface area (Å²) >= 11 is 2.05. The number of anilines is 1. The predicted octanol–water partition coefficient (Wildman–Crippen LogP) is 4.66. The number of hydrogen-bond acceptors (Lipinski definition) is 10. The summed E-state index contributed by atoms with van der Waals surface area (Å²) in [5.41, 5.74) is 1.50. The Kier molecular flexibility index (Phi) is 9.54. The van der Waals surface area contributed by atoms with E-state index in [4.69, 9.17) is 14.2 Å². The molecule has 1 aliphatic heterocycles. The number of likely N-dealkylation sites (N-methyl/N-ethyl adjacent to an activating group) is 1. The Morgan fingerprint density at radius 3 is 2.16 bits per heavy atom. The minimum atomic E-state index is -1.30. The molecule has 2 aromatic carbocycles. The first-order chi connectivity index (χ1) is 21.9. The first-order valence-corrected chi connectivity index (χ1v) is 16.1. The van der Waals surface area contributed by atoms with E-state index in [1.807, 2.05) is 22.6 Å². The molecule has 2 aromatic heterocycles. The zero-order chi connectivity index (χ0) is 31.3. The maximum Gasteiger partial charge on any atom is 0.338 e. The third kappa shape index (κ3) is 6.78. The van der Waals surface area contributed by atoms with Gasteiger partial charge < -0.3 is 24.8 Å². The van der Waals surface area contributed by atoms with Gasteiger partial charge in [-0.15, -0.1) is 0 Å². The molecule has 13 heteroatoms. The molecule has 4 atom stereocenters. The second kappa shape index (κ2) is 13.9. The van der Waals surface area contributed by atoms with Gasteiger partial charge in [-0.05, 0) is 44.0 Å². The van der Waals surface area contributed by atoms with E-state index < -0.39 is 42.4 Å². The molecule has 0 bridgehead atoms. The quantitative estimate of drug-likeness (QED) is 0.142. The van der Waals surface area contributed by atoms with Gasteiger partial charge in [0.2, 0.25) is 0 Å². The number of halogens is 1. The van der Waals surface area contributed by atoms with Crippen molar-refractivity contribution in [3.63, 3.8) is 0 Å². The maximum atomic E-state index is 13.4. The van der Waals surface area contributed by atoms with Crippen molar-refractivity contribution in [3.8, 4) is 0 Å². The second-order valence-electron chi connectivity index (χ2n) is 11.0. The van der Waals surface area contributed by atoms with Gasteiger partial charge >= 0.3 is 11.9 Å². The monoisotopic (exact) mass is 724 g/mol. The largest absolute Gasteiger partial charge is 0.451 e. The molecule has 3 heterocycles. The lowest BCUT2D eigenvalue weighted by Gasteiger charge is -2.25. The van der Waals surface area contributed by atoms with Crippen LogP contribution in [-0.2, 0) is 19.0 Å². The standard InChI is InChI=1S/C32H33IN6O6/c1-2-34-28(40)24-23(44-30(41)19-12-6-3-7-13-19)25(45-31(42)20-14-8-4-9-15-20)29(43-24)39-18-35-22-26(37-32(33)38-27(22)39)36-21-16-10-5-11-17-21/h3-4,6-9,12-15,18,21,23-25,29H,2,5,10-11,16-17H2,1H3,(H,34,40)(H,36,37,38). The van der Waals surface area contributed by atoms with E-state index in [2.05, 4.69) is 25.6 Å². The van der Waals surface area contributed by atoms with Crippen molar-refractivity contribution in [1.82, 2.24) is 24.8 Å². The van der Waals surface area contributed by atoms with Gasteiger partial charge in [-0.3, -0.25) is 9.36 Å². The van der Waals surface area contributed by atoms with Crippen LogP contribution < -0.4 is 10.6 Å². The molecule has 45 heavy (non-hydrogen) atoms.